The summed E-state index contributed by atoms with van der Waals surface area (Å²) in [5.41, 5.74) is 2.18. The molecule has 1 aliphatic carbocycles. The number of rotatable bonds is 6. The molecule has 154 valence electrons. The highest BCUT2D eigenvalue weighted by atomic mass is 32.2. The summed E-state index contributed by atoms with van der Waals surface area (Å²) in [4.78, 5) is 26.7. The molecule has 7 nitrogen and oxygen atoms in total. The van der Waals surface area contributed by atoms with Crippen LogP contribution in [0.25, 0.3) is 16.0 Å². The number of hydrogen-bond acceptors (Lipinski definition) is 6. The number of thiophene rings is 1. The van der Waals surface area contributed by atoms with E-state index < -0.39 is 5.97 Å². The Morgan fingerprint density at radius 1 is 1.17 bits per heavy atom. The number of carboxylic acid groups (broad SMARTS) is 1. The van der Waals surface area contributed by atoms with Gasteiger partial charge in [0.05, 0.1) is 23.4 Å². The Bertz CT molecular complexity index is 1310. The quantitative estimate of drug-likeness (QED) is 0.495. The molecule has 0 aliphatic heterocycles. The first-order valence-corrected chi connectivity index (χ1v) is 11.8. The van der Waals surface area contributed by atoms with Gasteiger partial charge in [0.15, 0.2) is 0 Å². The smallest absolute Gasteiger partial charge is 0.313 e. The van der Waals surface area contributed by atoms with Crippen molar-refractivity contribution in [1.82, 2.24) is 19.2 Å². The van der Waals surface area contributed by atoms with E-state index in [9.17, 15) is 9.59 Å². The predicted molar refractivity (Wildman–Crippen MR) is 119 cm³/mol. The van der Waals surface area contributed by atoms with Crippen molar-refractivity contribution in [3.63, 3.8) is 0 Å². The standard InChI is InChI=1S/C21H20N4O3S2/c26-17(27)12-29-11-16-22-23-21-24(10-13-6-2-1-3-7-13)19(28)18-14-8-4-5-9-15(14)30-20(18)25(16)21/h1-3,6-7H,4-5,8-12H2,(H,26,27). The molecular formula is C21H20N4O3S2. The van der Waals surface area contributed by atoms with Gasteiger partial charge in [-0.3, -0.25) is 18.6 Å². The number of benzene rings is 1. The first-order valence-electron chi connectivity index (χ1n) is 9.88. The van der Waals surface area contributed by atoms with Crippen molar-refractivity contribution in [2.45, 2.75) is 38.0 Å². The number of carboxylic acids is 1. The van der Waals surface area contributed by atoms with Crippen molar-refractivity contribution >= 4 is 45.1 Å². The third-order valence-electron chi connectivity index (χ3n) is 5.41. The molecule has 3 aromatic heterocycles. The summed E-state index contributed by atoms with van der Waals surface area (Å²) in [6.45, 7) is 0.421. The van der Waals surface area contributed by atoms with E-state index in [-0.39, 0.29) is 11.3 Å². The summed E-state index contributed by atoms with van der Waals surface area (Å²) in [5.74, 6) is 0.770. The maximum atomic E-state index is 13.6. The zero-order valence-electron chi connectivity index (χ0n) is 16.2. The minimum absolute atomic E-state index is 0.00263. The summed E-state index contributed by atoms with van der Waals surface area (Å²) in [6, 6.07) is 9.86. The fourth-order valence-electron chi connectivity index (χ4n) is 4.08. The summed E-state index contributed by atoms with van der Waals surface area (Å²) in [7, 11) is 0. The molecule has 0 fully saturated rings. The molecule has 0 unspecified atom stereocenters. The zero-order chi connectivity index (χ0) is 20.7. The van der Waals surface area contributed by atoms with Gasteiger partial charge in [0, 0.05) is 4.88 Å². The van der Waals surface area contributed by atoms with E-state index in [0.29, 0.717) is 23.9 Å². The monoisotopic (exact) mass is 440 g/mol. The van der Waals surface area contributed by atoms with Crippen molar-refractivity contribution in [1.29, 1.82) is 0 Å². The largest absolute Gasteiger partial charge is 0.481 e. The average Bonchev–Trinajstić information content (AvgIpc) is 3.33. The first-order chi connectivity index (χ1) is 14.6. The van der Waals surface area contributed by atoms with Gasteiger partial charge in [-0.25, -0.2) is 0 Å². The van der Waals surface area contributed by atoms with Crippen LogP contribution in [-0.2, 0) is 29.9 Å². The van der Waals surface area contributed by atoms with Gasteiger partial charge in [0.25, 0.3) is 5.56 Å². The Labute approximate surface area is 180 Å². The highest BCUT2D eigenvalue weighted by Gasteiger charge is 2.24. The molecule has 9 heteroatoms. The lowest BCUT2D eigenvalue weighted by atomic mass is 9.97. The van der Waals surface area contributed by atoms with Gasteiger partial charge in [0.2, 0.25) is 5.78 Å². The van der Waals surface area contributed by atoms with Gasteiger partial charge < -0.3 is 5.11 Å². The molecule has 0 amide bonds. The highest BCUT2D eigenvalue weighted by molar-refractivity contribution is 7.99. The van der Waals surface area contributed by atoms with Crippen LogP contribution >= 0.6 is 23.1 Å². The lowest BCUT2D eigenvalue weighted by molar-refractivity contribution is -0.133. The third kappa shape index (κ3) is 3.31. The van der Waals surface area contributed by atoms with Crippen LogP contribution in [0.15, 0.2) is 35.1 Å². The van der Waals surface area contributed by atoms with Crippen LogP contribution in [0.3, 0.4) is 0 Å². The number of aliphatic carboxylic acids is 1. The van der Waals surface area contributed by atoms with E-state index in [1.54, 1.807) is 15.9 Å². The normalized spacial score (nSPS) is 13.7. The van der Waals surface area contributed by atoms with Crippen molar-refractivity contribution in [2.24, 2.45) is 0 Å². The van der Waals surface area contributed by atoms with E-state index in [1.165, 1.54) is 22.2 Å². The van der Waals surface area contributed by atoms with Crippen LogP contribution in [0.4, 0.5) is 0 Å². The highest BCUT2D eigenvalue weighted by Crippen LogP contribution is 2.35. The minimum Gasteiger partial charge on any atom is -0.481 e. The molecule has 0 radical (unpaired) electrons. The van der Waals surface area contributed by atoms with E-state index in [4.69, 9.17) is 5.11 Å². The Morgan fingerprint density at radius 2 is 1.97 bits per heavy atom. The number of aryl methyl sites for hydroxylation is 2. The van der Waals surface area contributed by atoms with Gasteiger partial charge in [-0.05, 0) is 36.8 Å². The van der Waals surface area contributed by atoms with E-state index >= 15 is 0 Å². The fraction of sp³-hybridized carbons (Fsp3) is 0.333. The first kappa shape index (κ1) is 19.3. The van der Waals surface area contributed by atoms with Gasteiger partial charge in [-0.1, -0.05) is 30.3 Å². The maximum Gasteiger partial charge on any atom is 0.313 e. The molecule has 0 saturated heterocycles. The Morgan fingerprint density at radius 3 is 2.77 bits per heavy atom. The summed E-state index contributed by atoms with van der Waals surface area (Å²) in [5, 5.41) is 18.4. The van der Waals surface area contributed by atoms with Gasteiger partial charge in [0.1, 0.15) is 10.7 Å². The predicted octanol–water partition coefficient (Wildman–Crippen LogP) is 3.35. The molecule has 1 N–H and O–H groups in total. The molecule has 5 rings (SSSR count). The molecule has 4 aromatic rings. The molecule has 1 aliphatic rings. The van der Waals surface area contributed by atoms with Crippen LogP contribution in [0.1, 0.15) is 34.7 Å². The Kier molecular flexibility index (Phi) is 5.08. The van der Waals surface area contributed by atoms with E-state index in [1.807, 2.05) is 34.7 Å². The fourth-order valence-corrected chi connectivity index (χ4v) is 6.12. The molecule has 3 heterocycles. The van der Waals surface area contributed by atoms with Crippen molar-refractivity contribution in [2.75, 3.05) is 5.75 Å². The minimum atomic E-state index is -0.855. The second-order valence-electron chi connectivity index (χ2n) is 7.41. The lowest BCUT2D eigenvalue weighted by Crippen LogP contribution is -2.24. The lowest BCUT2D eigenvalue weighted by Gasteiger charge is -2.12. The van der Waals surface area contributed by atoms with Crippen LogP contribution in [0, 0.1) is 0 Å². The van der Waals surface area contributed by atoms with Gasteiger partial charge >= 0.3 is 5.97 Å². The van der Waals surface area contributed by atoms with Crippen LogP contribution < -0.4 is 5.56 Å². The van der Waals surface area contributed by atoms with Crippen molar-refractivity contribution < 1.29 is 9.90 Å². The Balaban J connectivity index is 1.73. The van der Waals surface area contributed by atoms with Crippen LogP contribution in [0.5, 0.6) is 0 Å². The van der Waals surface area contributed by atoms with Crippen LogP contribution in [-0.4, -0.2) is 36.0 Å². The molecule has 1 aromatic carbocycles. The number of thioether (sulfide) groups is 1. The van der Waals surface area contributed by atoms with E-state index in [0.717, 1.165) is 41.5 Å². The number of nitrogens with zero attached hydrogens (tertiary/aromatic N) is 4. The Hall–Kier alpha value is -2.65. The van der Waals surface area contributed by atoms with Gasteiger partial charge in [-0.2, -0.15) is 0 Å². The number of fused-ring (bicyclic) bond motifs is 5. The molecule has 30 heavy (non-hydrogen) atoms. The maximum absolute atomic E-state index is 13.6. The third-order valence-corrected chi connectivity index (χ3v) is 7.60. The summed E-state index contributed by atoms with van der Waals surface area (Å²) < 4.78 is 3.68. The van der Waals surface area contributed by atoms with E-state index in [2.05, 4.69) is 10.2 Å². The number of carbonyl (C=O) groups is 1. The van der Waals surface area contributed by atoms with Crippen molar-refractivity contribution in [3.8, 4) is 0 Å². The number of aromatic nitrogens is 4. The zero-order valence-corrected chi connectivity index (χ0v) is 17.8. The molecule has 0 saturated carbocycles. The SMILES string of the molecule is O=C(O)CSCc1nnc2n(Cc3ccccc3)c(=O)c3c4c(sc3n12)CCCC4. The molecule has 0 bridgehead atoms. The molecule has 0 spiro atoms. The van der Waals surface area contributed by atoms with Gasteiger partial charge in [-0.15, -0.1) is 33.3 Å². The van der Waals surface area contributed by atoms with Crippen molar-refractivity contribution in [3.05, 3.63) is 62.5 Å². The second kappa shape index (κ2) is 7.88. The van der Waals surface area contributed by atoms with Crippen LogP contribution in [0.2, 0.25) is 0 Å². The topological polar surface area (TPSA) is 89.5 Å². The molecule has 0 atom stereocenters. The number of hydrogen-bond donors (Lipinski definition) is 1. The second-order valence-corrected chi connectivity index (χ2v) is 9.48. The summed E-state index contributed by atoms with van der Waals surface area (Å²) >= 11 is 2.95. The molecular weight excluding hydrogens is 420 g/mol. The average molecular weight is 441 g/mol. The summed E-state index contributed by atoms with van der Waals surface area (Å²) in [6.07, 6.45) is 4.16.